The van der Waals surface area contributed by atoms with Gasteiger partial charge in [0.1, 0.15) is 0 Å². The van der Waals surface area contributed by atoms with Crippen LogP contribution in [0.3, 0.4) is 0 Å². The van der Waals surface area contributed by atoms with Gasteiger partial charge in [-0.15, -0.1) is 0 Å². The lowest BCUT2D eigenvalue weighted by Gasteiger charge is -2.14. The summed E-state index contributed by atoms with van der Waals surface area (Å²) in [7, 11) is 1.62. The minimum Gasteiger partial charge on any atom is -0.348 e. The Morgan fingerprint density at radius 1 is 1.32 bits per heavy atom. The van der Waals surface area contributed by atoms with E-state index in [1.54, 1.807) is 20.2 Å². The van der Waals surface area contributed by atoms with Crippen molar-refractivity contribution < 1.29 is 8.78 Å². The van der Waals surface area contributed by atoms with Crippen molar-refractivity contribution in [3.05, 3.63) is 53.4 Å². The summed E-state index contributed by atoms with van der Waals surface area (Å²) in [6.45, 7) is 8.18. The SMILES string of the molecule is C=C(c1ccc(N=NC)c(C)c1)c1cnc(NCC(C)(F)F)nc1C. The number of hydrogen-bond acceptors (Lipinski definition) is 5. The van der Waals surface area contributed by atoms with Gasteiger partial charge < -0.3 is 5.32 Å². The Kier molecular flexibility index (Phi) is 5.56. The molecule has 0 unspecified atom stereocenters. The van der Waals surface area contributed by atoms with Gasteiger partial charge in [0.15, 0.2) is 0 Å². The highest BCUT2D eigenvalue weighted by Gasteiger charge is 2.21. The molecule has 0 saturated heterocycles. The first-order valence-corrected chi connectivity index (χ1v) is 7.77. The van der Waals surface area contributed by atoms with Crippen molar-refractivity contribution in [1.29, 1.82) is 0 Å². The Morgan fingerprint density at radius 3 is 2.60 bits per heavy atom. The van der Waals surface area contributed by atoms with E-state index in [9.17, 15) is 8.78 Å². The average Bonchev–Trinajstić information content (AvgIpc) is 2.54. The molecule has 0 radical (unpaired) electrons. The van der Waals surface area contributed by atoms with Crippen molar-refractivity contribution in [2.45, 2.75) is 26.7 Å². The Morgan fingerprint density at radius 2 is 2.04 bits per heavy atom. The van der Waals surface area contributed by atoms with Crippen LogP contribution in [0.1, 0.15) is 29.3 Å². The maximum absolute atomic E-state index is 12.9. The van der Waals surface area contributed by atoms with Crippen molar-refractivity contribution >= 4 is 17.2 Å². The molecule has 1 N–H and O–H groups in total. The second-order valence-electron chi connectivity index (χ2n) is 5.90. The Labute approximate surface area is 145 Å². The Hall–Kier alpha value is -2.70. The zero-order chi connectivity index (χ0) is 18.6. The van der Waals surface area contributed by atoms with E-state index in [1.165, 1.54) is 0 Å². The van der Waals surface area contributed by atoms with Gasteiger partial charge in [-0.25, -0.2) is 18.7 Å². The van der Waals surface area contributed by atoms with Crippen LogP contribution in [-0.2, 0) is 0 Å². The third-order valence-corrected chi connectivity index (χ3v) is 3.61. The Bertz CT molecular complexity index is 810. The van der Waals surface area contributed by atoms with E-state index in [1.807, 2.05) is 25.1 Å². The maximum Gasteiger partial charge on any atom is 0.262 e. The van der Waals surface area contributed by atoms with Gasteiger partial charge in [0.05, 0.1) is 17.9 Å². The van der Waals surface area contributed by atoms with Crippen molar-refractivity contribution in [2.75, 3.05) is 18.9 Å². The third kappa shape index (κ3) is 4.89. The van der Waals surface area contributed by atoms with Crippen molar-refractivity contribution in [1.82, 2.24) is 9.97 Å². The van der Waals surface area contributed by atoms with Gasteiger partial charge in [-0.05, 0) is 42.7 Å². The van der Waals surface area contributed by atoms with Crippen molar-refractivity contribution in [3.63, 3.8) is 0 Å². The van der Waals surface area contributed by atoms with E-state index in [-0.39, 0.29) is 5.95 Å². The molecule has 0 bridgehead atoms. The first kappa shape index (κ1) is 18.6. The first-order chi connectivity index (χ1) is 11.7. The molecule has 132 valence electrons. The van der Waals surface area contributed by atoms with E-state index in [0.717, 1.165) is 34.9 Å². The first-order valence-electron chi connectivity index (χ1n) is 7.77. The molecule has 5 nitrogen and oxygen atoms in total. The molecule has 1 aromatic heterocycles. The molecule has 0 atom stereocenters. The molecule has 0 saturated carbocycles. The standard InChI is InChI=1S/C18H21F2N5/c1-11-8-14(6-7-16(11)25-21-5)12(2)15-9-22-17(24-13(15)3)23-10-18(4,19)20/h6-9H,2,10H2,1,3-5H3,(H,22,23,24). The summed E-state index contributed by atoms with van der Waals surface area (Å²) in [5.41, 5.74) is 4.88. The topological polar surface area (TPSA) is 62.5 Å². The summed E-state index contributed by atoms with van der Waals surface area (Å²) in [6.07, 6.45) is 1.59. The molecule has 0 spiro atoms. The summed E-state index contributed by atoms with van der Waals surface area (Å²) in [5.74, 6) is -2.65. The summed E-state index contributed by atoms with van der Waals surface area (Å²) < 4.78 is 25.8. The molecular weight excluding hydrogens is 324 g/mol. The predicted octanol–water partition coefficient (Wildman–Crippen LogP) is 4.94. The average molecular weight is 345 g/mol. The molecule has 1 aromatic carbocycles. The van der Waals surface area contributed by atoms with Crippen LogP contribution in [-0.4, -0.2) is 29.5 Å². The number of anilines is 1. The number of benzene rings is 1. The zero-order valence-corrected chi connectivity index (χ0v) is 14.8. The van der Waals surface area contributed by atoms with Crippen LogP contribution >= 0.6 is 0 Å². The smallest absolute Gasteiger partial charge is 0.262 e. The van der Waals surface area contributed by atoms with Crippen LogP contribution in [0.5, 0.6) is 0 Å². The van der Waals surface area contributed by atoms with Crippen LogP contribution in [0.15, 0.2) is 41.2 Å². The van der Waals surface area contributed by atoms with Gasteiger partial charge in [-0.2, -0.15) is 10.2 Å². The molecule has 0 amide bonds. The van der Waals surface area contributed by atoms with Gasteiger partial charge in [0.25, 0.3) is 5.92 Å². The molecule has 2 aromatic rings. The lowest BCUT2D eigenvalue weighted by Crippen LogP contribution is -2.24. The summed E-state index contributed by atoms with van der Waals surface area (Å²) in [5, 5.41) is 10.4. The quantitative estimate of drug-likeness (QED) is 0.755. The maximum atomic E-state index is 12.9. The second kappa shape index (κ2) is 7.46. The number of aryl methyl sites for hydroxylation is 2. The number of azo groups is 1. The van der Waals surface area contributed by atoms with Crippen LogP contribution in [0.25, 0.3) is 5.57 Å². The van der Waals surface area contributed by atoms with Crippen molar-refractivity contribution in [2.24, 2.45) is 10.2 Å². The zero-order valence-electron chi connectivity index (χ0n) is 14.8. The number of aromatic nitrogens is 2. The number of rotatable bonds is 6. The highest BCUT2D eigenvalue weighted by molar-refractivity contribution is 5.80. The molecule has 0 aliphatic heterocycles. The van der Waals surface area contributed by atoms with Gasteiger partial charge in [-0.1, -0.05) is 12.6 Å². The van der Waals surface area contributed by atoms with E-state index in [0.29, 0.717) is 5.69 Å². The van der Waals surface area contributed by atoms with Gasteiger partial charge in [0, 0.05) is 25.7 Å². The predicted molar refractivity (Wildman–Crippen MR) is 95.6 cm³/mol. The molecule has 0 aliphatic carbocycles. The molecular formula is C18H21F2N5. The number of hydrogen-bond donors (Lipinski definition) is 1. The van der Waals surface area contributed by atoms with Crippen LogP contribution in [0.2, 0.25) is 0 Å². The lowest BCUT2D eigenvalue weighted by atomic mass is 9.98. The Balaban J connectivity index is 2.23. The van der Waals surface area contributed by atoms with Crippen molar-refractivity contribution in [3.8, 4) is 0 Å². The molecule has 0 fully saturated rings. The van der Waals surface area contributed by atoms with Crippen LogP contribution in [0.4, 0.5) is 20.4 Å². The fourth-order valence-corrected chi connectivity index (χ4v) is 2.30. The summed E-state index contributed by atoms with van der Waals surface area (Å²) in [4.78, 5) is 8.35. The van der Waals surface area contributed by atoms with Gasteiger partial charge in [0.2, 0.25) is 5.95 Å². The molecule has 25 heavy (non-hydrogen) atoms. The summed E-state index contributed by atoms with van der Waals surface area (Å²) >= 11 is 0. The van der Waals surface area contributed by atoms with E-state index in [2.05, 4.69) is 32.1 Å². The van der Waals surface area contributed by atoms with Gasteiger partial charge >= 0.3 is 0 Å². The molecule has 2 rings (SSSR count). The number of nitrogens with zero attached hydrogens (tertiary/aromatic N) is 4. The van der Waals surface area contributed by atoms with E-state index in [4.69, 9.17) is 0 Å². The second-order valence-corrected chi connectivity index (χ2v) is 5.90. The molecule has 7 heteroatoms. The van der Waals surface area contributed by atoms with E-state index >= 15 is 0 Å². The monoisotopic (exact) mass is 345 g/mol. The largest absolute Gasteiger partial charge is 0.348 e. The number of halogens is 2. The fraction of sp³-hybridized carbons (Fsp3) is 0.333. The summed E-state index contributed by atoms with van der Waals surface area (Å²) in [6, 6.07) is 5.75. The number of nitrogens with one attached hydrogen (secondary N) is 1. The third-order valence-electron chi connectivity index (χ3n) is 3.61. The van der Waals surface area contributed by atoms with Gasteiger partial charge in [-0.3, -0.25) is 0 Å². The fourth-order valence-electron chi connectivity index (χ4n) is 2.30. The highest BCUT2D eigenvalue weighted by Crippen LogP contribution is 2.28. The van der Waals surface area contributed by atoms with Crippen LogP contribution in [0, 0.1) is 13.8 Å². The molecule has 0 aliphatic rings. The van der Waals surface area contributed by atoms with Crippen LogP contribution < -0.4 is 5.32 Å². The lowest BCUT2D eigenvalue weighted by molar-refractivity contribution is 0.0366. The highest BCUT2D eigenvalue weighted by atomic mass is 19.3. The minimum absolute atomic E-state index is 0.172. The van der Waals surface area contributed by atoms with E-state index < -0.39 is 12.5 Å². The minimum atomic E-state index is -2.82. The molecule has 1 heterocycles. The normalized spacial score (nSPS) is 11.8. The number of alkyl halides is 2.